The van der Waals surface area contributed by atoms with Crippen molar-refractivity contribution in [1.29, 1.82) is 0 Å². The maximum Gasteiger partial charge on any atom is 0.421 e. The van der Waals surface area contributed by atoms with E-state index in [-0.39, 0.29) is 5.91 Å². The number of H-pyrrole nitrogens is 1. The van der Waals surface area contributed by atoms with Crippen LogP contribution in [0.3, 0.4) is 0 Å². The van der Waals surface area contributed by atoms with Gasteiger partial charge in [-0.05, 0) is 48.1 Å². The number of hydrogen-bond donors (Lipinski definition) is 2. The van der Waals surface area contributed by atoms with Crippen molar-refractivity contribution in [3.63, 3.8) is 0 Å². The molecular formula is C24H24F3N5O2. The molecule has 1 aliphatic carbocycles. The van der Waals surface area contributed by atoms with Gasteiger partial charge in [-0.15, -0.1) is 0 Å². The van der Waals surface area contributed by atoms with Gasteiger partial charge in [0.05, 0.1) is 11.9 Å². The summed E-state index contributed by atoms with van der Waals surface area (Å²) in [4.78, 5) is 35.0. The molecule has 2 aliphatic rings. The molecule has 2 aromatic heterocycles. The molecule has 1 aromatic carbocycles. The summed E-state index contributed by atoms with van der Waals surface area (Å²) < 4.78 is 39.1. The number of nitrogens with zero attached hydrogens (tertiary/aromatic N) is 3. The van der Waals surface area contributed by atoms with Crippen LogP contribution in [0.2, 0.25) is 0 Å². The van der Waals surface area contributed by atoms with E-state index in [9.17, 15) is 22.8 Å². The van der Waals surface area contributed by atoms with Crippen LogP contribution < -0.4 is 15.8 Å². The average molecular weight is 471 g/mol. The predicted octanol–water partition coefficient (Wildman–Crippen LogP) is 3.15. The second kappa shape index (κ2) is 8.43. The Hall–Kier alpha value is -3.40. The number of piperazine rings is 1. The summed E-state index contributed by atoms with van der Waals surface area (Å²) in [5.41, 5.74) is 0.414. The molecule has 178 valence electrons. The Balaban J connectivity index is 1.31. The summed E-state index contributed by atoms with van der Waals surface area (Å²) in [6, 6.07) is 10.5. The maximum atomic E-state index is 13.0. The van der Waals surface area contributed by atoms with Crippen LogP contribution in [-0.4, -0.2) is 53.0 Å². The van der Waals surface area contributed by atoms with Gasteiger partial charge in [0.2, 0.25) is 0 Å². The Kier molecular flexibility index (Phi) is 5.55. The van der Waals surface area contributed by atoms with Crippen LogP contribution in [0.1, 0.15) is 34.5 Å². The van der Waals surface area contributed by atoms with Crippen molar-refractivity contribution in [2.24, 2.45) is 0 Å². The first-order valence-electron chi connectivity index (χ1n) is 11.2. The van der Waals surface area contributed by atoms with Crippen LogP contribution in [0.25, 0.3) is 10.9 Å². The van der Waals surface area contributed by atoms with Crippen molar-refractivity contribution in [1.82, 2.24) is 20.2 Å². The lowest BCUT2D eigenvalue weighted by atomic mass is 9.81. The number of anilines is 1. The van der Waals surface area contributed by atoms with Crippen LogP contribution in [0.5, 0.6) is 0 Å². The Bertz CT molecular complexity index is 1290. The Morgan fingerprint density at radius 1 is 1.15 bits per heavy atom. The van der Waals surface area contributed by atoms with Crippen molar-refractivity contribution in [3.05, 3.63) is 69.8 Å². The van der Waals surface area contributed by atoms with Gasteiger partial charge in [-0.25, -0.2) is 4.98 Å². The summed E-state index contributed by atoms with van der Waals surface area (Å²) in [6.07, 6.45) is -0.823. The minimum absolute atomic E-state index is 0.218. The molecule has 0 unspecified atom stereocenters. The highest BCUT2D eigenvalue weighted by atomic mass is 19.4. The molecule has 1 aliphatic heterocycles. The largest absolute Gasteiger partial charge is 0.421 e. The maximum absolute atomic E-state index is 13.0. The number of carbonyl (C=O) groups excluding carboxylic acids is 1. The third kappa shape index (κ3) is 4.02. The van der Waals surface area contributed by atoms with E-state index < -0.39 is 17.3 Å². The smallest absolute Gasteiger partial charge is 0.364 e. The molecule has 0 bridgehead atoms. The van der Waals surface area contributed by atoms with Gasteiger partial charge in [-0.1, -0.05) is 12.1 Å². The molecule has 0 radical (unpaired) electrons. The molecule has 0 spiro atoms. The minimum Gasteiger partial charge on any atom is -0.364 e. The van der Waals surface area contributed by atoms with E-state index in [1.807, 2.05) is 12.1 Å². The third-order valence-corrected chi connectivity index (χ3v) is 6.84. The molecule has 34 heavy (non-hydrogen) atoms. The molecule has 3 heterocycles. The van der Waals surface area contributed by atoms with Gasteiger partial charge in [0, 0.05) is 44.3 Å². The highest BCUT2D eigenvalue weighted by Gasteiger charge is 2.43. The summed E-state index contributed by atoms with van der Waals surface area (Å²) in [5, 5.41) is 2.92. The van der Waals surface area contributed by atoms with E-state index >= 15 is 0 Å². The number of aromatic amines is 1. The highest BCUT2D eigenvalue weighted by molar-refractivity contribution is 5.92. The number of benzene rings is 1. The molecule has 1 amide bonds. The number of pyridine rings is 2. The van der Waals surface area contributed by atoms with Gasteiger partial charge in [-0.3, -0.25) is 14.5 Å². The first-order valence-corrected chi connectivity index (χ1v) is 11.2. The lowest BCUT2D eigenvalue weighted by Gasteiger charge is -2.54. The Morgan fingerprint density at radius 3 is 2.59 bits per heavy atom. The van der Waals surface area contributed by atoms with Crippen molar-refractivity contribution in [2.75, 3.05) is 25.0 Å². The number of carbonyl (C=O) groups is 1. The SMILES string of the molecule is CNC(=O)c1ccc(N2CCN(Cc3ccc4cc(C(F)(F)F)c(=O)[nH]c4c3)[C@H]3CC[C@H]32)cn1. The van der Waals surface area contributed by atoms with Crippen LogP contribution in [-0.2, 0) is 12.7 Å². The second-order valence-corrected chi connectivity index (χ2v) is 8.79. The van der Waals surface area contributed by atoms with Gasteiger partial charge < -0.3 is 15.2 Å². The summed E-state index contributed by atoms with van der Waals surface area (Å²) >= 11 is 0. The molecule has 1 saturated heterocycles. The van der Waals surface area contributed by atoms with Crippen LogP contribution in [0, 0.1) is 0 Å². The number of fused-ring (bicyclic) bond motifs is 2. The first-order chi connectivity index (χ1) is 16.2. The quantitative estimate of drug-likeness (QED) is 0.611. The zero-order valence-corrected chi connectivity index (χ0v) is 18.5. The molecular weight excluding hydrogens is 447 g/mol. The van der Waals surface area contributed by atoms with Gasteiger partial charge in [0.15, 0.2) is 0 Å². The summed E-state index contributed by atoms with van der Waals surface area (Å²) in [6.45, 7) is 2.28. The van der Waals surface area contributed by atoms with Crippen molar-refractivity contribution in [2.45, 2.75) is 37.6 Å². The summed E-state index contributed by atoms with van der Waals surface area (Å²) in [5.74, 6) is -0.218. The van der Waals surface area contributed by atoms with E-state index in [0.717, 1.165) is 43.2 Å². The number of alkyl halides is 3. The van der Waals surface area contributed by atoms with Gasteiger partial charge in [-0.2, -0.15) is 13.2 Å². The fraction of sp³-hybridized carbons (Fsp3) is 0.375. The molecule has 3 aromatic rings. The van der Waals surface area contributed by atoms with Crippen molar-refractivity contribution >= 4 is 22.5 Å². The molecule has 2 fully saturated rings. The number of amides is 1. The third-order valence-electron chi connectivity index (χ3n) is 6.84. The van der Waals surface area contributed by atoms with E-state index in [1.165, 1.54) is 0 Å². The predicted molar refractivity (Wildman–Crippen MR) is 122 cm³/mol. The fourth-order valence-electron chi connectivity index (χ4n) is 4.95. The Morgan fingerprint density at radius 2 is 1.94 bits per heavy atom. The number of aromatic nitrogens is 2. The molecule has 5 rings (SSSR count). The number of nitrogens with one attached hydrogen (secondary N) is 2. The monoisotopic (exact) mass is 471 g/mol. The highest BCUT2D eigenvalue weighted by Crippen LogP contribution is 2.37. The second-order valence-electron chi connectivity index (χ2n) is 8.79. The van der Waals surface area contributed by atoms with E-state index in [4.69, 9.17) is 0 Å². The number of hydrogen-bond acceptors (Lipinski definition) is 5. The van der Waals surface area contributed by atoms with Crippen LogP contribution in [0.4, 0.5) is 18.9 Å². The standard InChI is InChI=1S/C24H24F3N5O2/c1-28-23(34)18-5-4-16(12-29-18)32-9-8-31(20-6-7-21(20)32)13-14-2-3-15-11-17(24(25,26)27)22(33)30-19(15)10-14/h2-5,10-12,20-21H,6-9,13H2,1H3,(H,28,34)(H,30,33)/t20-,21+/m0/s1. The molecule has 7 nitrogen and oxygen atoms in total. The minimum atomic E-state index is -4.68. The summed E-state index contributed by atoms with van der Waals surface area (Å²) in [7, 11) is 1.57. The molecule has 2 atom stereocenters. The van der Waals surface area contributed by atoms with E-state index in [1.54, 1.807) is 31.4 Å². The lowest BCUT2D eigenvalue weighted by molar-refractivity contribution is -0.138. The zero-order chi connectivity index (χ0) is 24.0. The van der Waals surface area contributed by atoms with Crippen molar-refractivity contribution < 1.29 is 18.0 Å². The zero-order valence-electron chi connectivity index (χ0n) is 18.5. The first kappa shape index (κ1) is 22.4. The van der Waals surface area contributed by atoms with Gasteiger partial charge in [0.25, 0.3) is 11.5 Å². The normalized spacial score (nSPS) is 20.6. The topological polar surface area (TPSA) is 81.3 Å². The van der Waals surface area contributed by atoms with Crippen molar-refractivity contribution in [3.8, 4) is 0 Å². The van der Waals surface area contributed by atoms with Gasteiger partial charge >= 0.3 is 6.18 Å². The molecule has 1 saturated carbocycles. The molecule has 10 heteroatoms. The molecule has 2 N–H and O–H groups in total. The van der Waals surface area contributed by atoms with Crippen LogP contribution >= 0.6 is 0 Å². The fourth-order valence-corrected chi connectivity index (χ4v) is 4.95. The lowest BCUT2D eigenvalue weighted by Crippen LogP contribution is -2.64. The van der Waals surface area contributed by atoms with Gasteiger partial charge in [0.1, 0.15) is 11.3 Å². The van der Waals surface area contributed by atoms with E-state index in [0.29, 0.717) is 35.2 Å². The number of halogens is 3. The van der Waals surface area contributed by atoms with E-state index in [2.05, 4.69) is 25.1 Å². The Labute approximate surface area is 193 Å². The van der Waals surface area contributed by atoms with Crippen LogP contribution in [0.15, 0.2) is 47.4 Å². The average Bonchev–Trinajstić information content (AvgIpc) is 2.78. The number of rotatable bonds is 4.